The summed E-state index contributed by atoms with van der Waals surface area (Å²) in [7, 11) is 2.43. The molecule has 3 atom stereocenters. The Balaban J connectivity index is 2.10. The number of rotatable bonds is 3. The molecule has 0 bridgehead atoms. The molecule has 3 unspecified atom stereocenters. The molecule has 2 aliphatic rings. The SMILES string of the molecule is CCCC1CCCCC=CCCCC1C1CCCCCCCN1C. The molecule has 1 fully saturated rings. The molecule has 24 heavy (non-hydrogen) atoms. The second-order valence-corrected chi connectivity index (χ2v) is 8.50. The molecule has 0 spiro atoms. The van der Waals surface area contributed by atoms with E-state index >= 15 is 0 Å². The van der Waals surface area contributed by atoms with Gasteiger partial charge in [-0.3, -0.25) is 0 Å². The van der Waals surface area contributed by atoms with E-state index in [-0.39, 0.29) is 0 Å². The highest BCUT2D eigenvalue weighted by Gasteiger charge is 2.31. The fourth-order valence-corrected chi connectivity index (χ4v) is 5.23. The lowest BCUT2D eigenvalue weighted by molar-refractivity contribution is 0.102. The summed E-state index contributed by atoms with van der Waals surface area (Å²) in [6.07, 6.45) is 26.3. The van der Waals surface area contributed by atoms with E-state index in [0.29, 0.717) is 0 Å². The van der Waals surface area contributed by atoms with Crippen molar-refractivity contribution in [2.75, 3.05) is 13.6 Å². The summed E-state index contributed by atoms with van der Waals surface area (Å²) in [5, 5.41) is 0. The van der Waals surface area contributed by atoms with Crippen LogP contribution >= 0.6 is 0 Å². The van der Waals surface area contributed by atoms with Crippen molar-refractivity contribution >= 4 is 0 Å². The first-order valence-corrected chi connectivity index (χ1v) is 11.2. The first-order valence-electron chi connectivity index (χ1n) is 11.2. The number of hydrogen-bond donors (Lipinski definition) is 0. The molecule has 0 aromatic rings. The van der Waals surface area contributed by atoms with E-state index in [2.05, 4.69) is 31.0 Å². The van der Waals surface area contributed by atoms with Crippen LogP contribution in [-0.4, -0.2) is 24.5 Å². The van der Waals surface area contributed by atoms with Gasteiger partial charge < -0.3 is 4.90 Å². The summed E-state index contributed by atoms with van der Waals surface area (Å²) in [6, 6.07) is 0.851. The highest BCUT2D eigenvalue weighted by Crippen LogP contribution is 2.35. The van der Waals surface area contributed by atoms with Gasteiger partial charge in [-0.05, 0) is 70.4 Å². The summed E-state index contributed by atoms with van der Waals surface area (Å²) in [6.45, 7) is 3.73. The third-order valence-electron chi connectivity index (χ3n) is 6.61. The second kappa shape index (κ2) is 12.1. The fraction of sp³-hybridized carbons (Fsp3) is 0.913. The maximum Gasteiger partial charge on any atom is 0.0123 e. The van der Waals surface area contributed by atoms with E-state index in [0.717, 1.165) is 17.9 Å². The topological polar surface area (TPSA) is 3.24 Å². The van der Waals surface area contributed by atoms with Gasteiger partial charge in [0.05, 0.1) is 0 Å². The Kier molecular flexibility index (Phi) is 10.1. The van der Waals surface area contributed by atoms with Crippen LogP contribution in [0.1, 0.15) is 103 Å². The van der Waals surface area contributed by atoms with Gasteiger partial charge in [0.2, 0.25) is 0 Å². The van der Waals surface area contributed by atoms with Crippen LogP contribution in [0.4, 0.5) is 0 Å². The quantitative estimate of drug-likeness (QED) is 0.504. The molecule has 0 aromatic carbocycles. The van der Waals surface area contributed by atoms with Gasteiger partial charge in [0, 0.05) is 6.04 Å². The van der Waals surface area contributed by atoms with Gasteiger partial charge in [-0.25, -0.2) is 0 Å². The minimum Gasteiger partial charge on any atom is -0.303 e. The maximum atomic E-state index is 2.77. The summed E-state index contributed by atoms with van der Waals surface area (Å²) in [5.74, 6) is 1.92. The predicted molar refractivity (Wildman–Crippen MR) is 107 cm³/mol. The molecule has 0 N–H and O–H groups in total. The number of allylic oxidation sites excluding steroid dienone is 2. The standard InChI is InChI=1S/C23H43N/c1-3-16-21-17-12-8-5-4-6-9-13-18-22(21)23-19-14-10-7-11-15-20-24(23)2/h4,6,21-23H,3,5,7-20H2,1-2H3. The molecule has 1 heteroatoms. The second-order valence-electron chi connectivity index (χ2n) is 8.50. The Hall–Kier alpha value is -0.300. The van der Waals surface area contributed by atoms with E-state index < -0.39 is 0 Å². The molecule has 1 heterocycles. The highest BCUT2D eigenvalue weighted by atomic mass is 15.1. The van der Waals surface area contributed by atoms with Crippen molar-refractivity contribution in [2.45, 2.75) is 109 Å². The van der Waals surface area contributed by atoms with Crippen LogP contribution in [0.2, 0.25) is 0 Å². The van der Waals surface area contributed by atoms with Gasteiger partial charge >= 0.3 is 0 Å². The summed E-state index contributed by atoms with van der Waals surface area (Å²) >= 11 is 0. The van der Waals surface area contributed by atoms with Gasteiger partial charge in [-0.15, -0.1) is 0 Å². The van der Waals surface area contributed by atoms with Crippen LogP contribution in [0.5, 0.6) is 0 Å². The first-order chi connectivity index (χ1) is 11.8. The lowest BCUT2D eigenvalue weighted by atomic mass is 9.75. The molecule has 1 saturated heterocycles. The van der Waals surface area contributed by atoms with Crippen LogP contribution in [0, 0.1) is 11.8 Å². The lowest BCUT2D eigenvalue weighted by Gasteiger charge is -2.39. The first kappa shape index (κ1) is 20.0. The average molecular weight is 334 g/mol. The Morgan fingerprint density at radius 1 is 0.792 bits per heavy atom. The predicted octanol–water partition coefficient (Wildman–Crippen LogP) is 6.97. The third-order valence-corrected chi connectivity index (χ3v) is 6.61. The van der Waals surface area contributed by atoms with E-state index in [1.807, 2.05) is 0 Å². The average Bonchev–Trinajstić information content (AvgIpc) is 2.64. The van der Waals surface area contributed by atoms with Crippen molar-refractivity contribution in [1.29, 1.82) is 0 Å². The van der Waals surface area contributed by atoms with Gasteiger partial charge in [-0.2, -0.15) is 0 Å². The van der Waals surface area contributed by atoms with E-state index in [4.69, 9.17) is 0 Å². The fourth-order valence-electron chi connectivity index (χ4n) is 5.23. The van der Waals surface area contributed by atoms with Crippen LogP contribution in [0.25, 0.3) is 0 Å². The molecule has 0 aromatic heterocycles. The minimum atomic E-state index is 0.851. The Morgan fingerprint density at radius 2 is 1.50 bits per heavy atom. The monoisotopic (exact) mass is 333 g/mol. The number of nitrogens with zero attached hydrogens (tertiary/aromatic N) is 1. The Labute approximate surface area is 152 Å². The van der Waals surface area contributed by atoms with Crippen LogP contribution in [0.15, 0.2) is 12.2 Å². The largest absolute Gasteiger partial charge is 0.303 e. The van der Waals surface area contributed by atoms with Gasteiger partial charge in [0.15, 0.2) is 0 Å². The van der Waals surface area contributed by atoms with Gasteiger partial charge in [0.25, 0.3) is 0 Å². The molecule has 0 amide bonds. The smallest absolute Gasteiger partial charge is 0.0123 e. The van der Waals surface area contributed by atoms with Crippen molar-refractivity contribution in [2.24, 2.45) is 11.8 Å². The van der Waals surface area contributed by atoms with Gasteiger partial charge in [0.1, 0.15) is 0 Å². The maximum absolute atomic E-state index is 2.77. The molecule has 1 nitrogen and oxygen atoms in total. The lowest BCUT2D eigenvalue weighted by Crippen LogP contribution is -2.41. The van der Waals surface area contributed by atoms with Crippen molar-refractivity contribution in [1.82, 2.24) is 4.90 Å². The summed E-state index contributed by atoms with van der Waals surface area (Å²) in [5.41, 5.74) is 0. The molecule has 0 radical (unpaired) electrons. The Morgan fingerprint density at radius 3 is 2.33 bits per heavy atom. The molecule has 0 saturated carbocycles. The zero-order valence-corrected chi connectivity index (χ0v) is 16.6. The normalized spacial score (nSPS) is 32.3. The van der Waals surface area contributed by atoms with Crippen molar-refractivity contribution < 1.29 is 0 Å². The van der Waals surface area contributed by atoms with E-state index in [1.165, 1.54) is 103 Å². The molecule has 140 valence electrons. The molecule has 1 aliphatic carbocycles. The highest BCUT2D eigenvalue weighted by molar-refractivity contribution is 4.87. The summed E-state index contributed by atoms with van der Waals surface area (Å²) in [4.78, 5) is 2.77. The Bertz CT molecular complexity index is 335. The molecule has 2 rings (SSSR count). The number of hydrogen-bond acceptors (Lipinski definition) is 1. The van der Waals surface area contributed by atoms with Crippen molar-refractivity contribution in [3.63, 3.8) is 0 Å². The molecular weight excluding hydrogens is 290 g/mol. The van der Waals surface area contributed by atoms with E-state index in [1.54, 1.807) is 0 Å². The zero-order chi connectivity index (χ0) is 17.0. The van der Waals surface area contributed by atoms with Crippen LogP contribution < -0.4 is 0 Å². The summed E-state index contributed by atoms with van der Waals surface area (Å²) < 4.78 is 0. The molecular formula is C23H43N. The third kappa shape index (κ3) is 6.90. The van der Waals surface area contributed by atoms with Crippen LogP contribution in [0.3, 0.4) is 0 Å². The van der Waals surface area contributed by atoms with Crippen LogP contribution in [-0.2, 0) is 0 Å². The van der Waals surface area contributed by atoms with Crippen molar-refractivity contribution in [3.05, 3.63) is 12.2 Å². The van der Waals surface area contributed by atoms with Gasteiger partial charge in [-0.1, -0.05) is 70.4 Å². The zero-order valence-electron chi connectivity index (χ0n) is 16.6. The van der Waals surface area contributed by atoms with Crippen molar-refractivity contribution in [3.8, 4) is 0 Å². The molecule has 1 aliphatic heterocycles. The van der Waals surface area contributed by atoms with E-state index in [9.17, 15) is 0 Å². The minimum absolute atomic E-state index is 0.851.